The summed E-state index contributed by atoms with van der Waals surface area (Å²) in [6.45, 7) is 10.7. The molecule has 0 saturated carbocycles. The van der Waals surface area contributed by atoms with E-state index < -0.39 is 16.1 Å². The second-order valence-corrected chi connectivity index (χ2v) is 11.2. The molecule has 2 amide bonds. The maximum absolute atomic E-state index is 13.0. The average Bonchev–Trinajstić information content (AvgIpc) is 3.19. The van der Waals surface area contributed by atoms with Crippen molar-refractivity contribution in [2.24, 2.45) is 7.05 Å². The van der Waals surface area contributed by atoms with Crippen LogP contribution in [0, 0.1) is 0 Å². The van der Waals surface area contributed by atoms with Crippen molar-refractivity contribution in [3.63, 3.8) is 0 Å². The lowest BCUT2D eigenvalue weighted by Gasteiger charge is -2.19. The van der Waals surface area contributed by atoms with Crippen LogP contribution >= 0.6 is 0 Å². The first-order valence-electron chi connectivity index (χ1n) is 12.7. The maximum Gasteiger partial charge on any atom is 0.317 e. The van der Waals surface area contributed by atoms with Gasteiger partial charge in [-0.15, -0.1) is 0 Å². The number of rotatable bonds is 15. The normalized spacial score (nSPS) is 12.8. The molecule has 2 N–H and O–H groups in total. The quantitative estimate of drug-likeness (QED) is 0.373. The molecule has 202 valence electrons. The van der Waals surface area contributed by atoms with Gasteiger partial charge in [0, 0.05) is 20.1 Å². The number of urea groups is 1. The van der Waals surface area contributed by atoms with Crippen molar-refractivity contribution in [2.45, 2.75) is 65.6 Å². The molecule has 0 aliphatic heterocycles. The van der Waals surface area contributed by atoms with Crippen molar-refractivity contribution < 1.29 is 13.2 Å². The SMILES string of the molecule is CCN(CC)CCCS(=O)(=O)N[C@H](CCc1ccccc1)c1nc(CN(C)C(=O)NC(C)C)n(C)n1. The van der Waals surface area contributed by atoms with E-state index in [0.717, 1.165) is 25.2 Å². The number of aryl methyl sites for hydroxylation is 2. The highest BCUT2D eigenvalue weighted by Crippen LogP contribution is 2.19. The number of nitrogens with zero attached hydrogens (tertiary/aromatic N) is 5. The number of benzene rings is 1. The number of amides is 2. The van der Waals surface area contributed by atoms with Crippen molar-refractivity contribution in [1.82, 2.24) is 34.6 Å². The monoisotopic (exact) mass is 521 g/mol. The van der Waals surface area contributed by atoms with E-state index in [1.165, 1.54) is 4.90 Å². The molecular weight excluding hydrogens is 478 g/mol. The summed E-state index contributed by atoms with van der Waals surface area (Å²) in [5.74, 6) is 1.04. The molecule has 0 saturated heterocycles. The molecule has 0 fully saturated rings. The third kappa shape index (κ3) is 9.87. The average molecular weight is 522 g/mol. The summed E-state index contributed by atoms with van der Waals surface area (Å²) in [5, 5.41) is 7.38. The minimum atomic E-state index is -3.54. The van der Waals surface area contributed by atoms with E-state index in [4.69, 9.17) is 0 Å². The molecule has 1 atom stereocenters. The zero-order valence-electron chi connectivity index (χ0n) is 22.6. The number of carbonyl (C=O) groups excluding carboxylic acids is 1. The van der Waals surface area contributed by atoms with Crippen LogP contribution < -0.4 is 10.0 Å². The fourth-order valence-electron chi connectivity index (χ4n) is 3.85. The number of hydrogen-bond acceptors (Lipinski definition) is 6. The van der Waals surface area contributed by atoms with E-state index in [2.05, 4.69) is 38.9 Å². The summed E-state index contributed by atoms with van der Waals surface area (Å²) in [6.07, 6.45) is 1.75. The zero-order chi connectivity index (χ0) is 26.7. The second-order valence-electron chi connectivity index (χ2n) is 9.36. The van der Waals surface area contributed by atoms with E-state index in [1.807, 2.05) is 44.2 Å². The van der Waals surface area contributed by atoms with Gasteiger partial charge in [-0.3, -0.25) is 4.68 Å². The van der Waals surface area contributed by atoms with Crippen LogP contribution in [0.15, 0.2) is 30.3 Å². The van der Waals surface area contributed by atoms with E-state index in [9.17, 15) is 13.2 Å². The molecule has 0 aliphatic carbocycles. The summed E-state index contributed by atoms with van der Waals surface area (Å²) in [5.41, 5.74) is 1.12. The zero-order valence-corrected chi connectivity index (χ0v) is 23.4. The van der Waals surface area contributed by atoms with Gasteiger partial charge in [-0.25, -0.2) is 22.9 Å². The Labute approximate surface area is 216 Å². The second kappa shape index (κ2) is 14.3. The van der Waals surface area contributed by atoms with Crippen LogP contribution in [0.2, 0.25) is 0 Å². The highest BCUT2D eigenvalue weighted by Gasteiger charge is 2.25. The Morgan fingerprint density at radius 1 is 1.14 bits per heavy atom. The third-order valence-corrected chi connectivity index (χ3v) is 7.46. The lowest BCUT2D eigenvalue weighted by Crippen LogP contribution is -2.40. The van der Waals surface area contributed by atoms with Gasteiger partial charge in [0.15, 0.2) is 5.82 Å². The van der Waals surface area contributed by atoms with Crippen LogP contribution in [0.5, 0.6) is 0 Å². The molecule has 36 heavy (non-hydrogen) atoms. The number of sulfonamides is 1. The van der Waals surface area contributed by atoms with Gasteiger partial charge in [0.05, 0.1) is 18.3 Å². The molecule has 0 unspecified atom stereocenters. The number of carbonyl (C=O) groups is 1. The largest absolute Gasteiger partial charge is 0.336 e. The first-order chi connectivity index (χ1) is 17.0. The molecule has 10 nitrogen and oxygen atoms in total. The van der Waals surface area contributed by atoms with Crippen LogP contribution in [0.1, 0.15) is 63.8 Å². The molecule has 0 bridgehead atoms. The third-order valence-electron chi connectivity index (χ3n) is 5.99. The standard InChI is InChI=1S/C25H43N7O3S/c1-7-32(8-2)17-12-18-36(34,35)29-22(16-15-21-13-10-9-11-14-21)24-27-23(31(6)28-24)19-30(5)25(33)26-20(3)4/h9-11,13-14,20,22,29H,7-8,12,15-19H2,1-6H3,(H,26,33)/t22-/m1/s1. The Morgan fingerprint density at radius 3 is 2.42 bits per heavy atom. The maximum atomic E-state index is 13.0. The predicted molar refractivity (Wildman–Crippen MR) is 143 cm³/mol. The highest BCUT2D eigenvalue weighted by atomic mass is 32.2. The van der Waals surface area contributed by atoms with Crippen LogP contribution in [0.3, 0.4) is 0 Å². The Balaban J connectivity index is 2.17. The smallest absolute Gasteiger partial charge is 0.317 e. The molecule has 2 aromatic rings. The van der Waals surface area contributed by atoms with Gasteiger partial charge >= 0.3 is 6.03 Å². The van der Waals surface area contributed by atoms with E-state index >= 15 is 0 Å². The van der Waals surface area contributed by atoms with Crippen molar-refractivity contribution in [3.8, 4) is 0 Å². The van der Waals surface area contributed by atoms with Crippen LogP contribution in [0.4, 0.5) is 4.79 Å². The van der Waals surface area contributed by atoms with Crippen LogP contribution in [-0.4, -0.2) is 77.5 Å². The minimum absolute atomic E-state index is 0.0218. The molecule has 0 spiro atoms. The Kier molecular flexibility index (Phi) is 11.8. The van der Waals surface area contributed by atoms with Gasteiger partial charge in [0.2, 0.25) is 10.0 Å². The lowest BCUT2D eigenvalue weighted by molar-refractivity contribution is 0.202. The molecule has 1 aromatic heterocycles. The van der Waals surface area contributed by atoms with Crippen molar-refractivity contribution in [2.75, 3.05) is 32.4 Å². The summed E-state index contributed by atoms with van der Waals surface area (Å²) in [7, 11) is -0.0906. The van der Waals surface area contributed by atoms with Gasteiger partial charge < -0.3 is 15.1 Å². The van der Waals surface area contributed by atoms with Gasteiger partial charge in [-0.1, -0.05) is 44.2 Å². The first kappa shape index (κ1) is 29.7. The van der Waals surface area contributed by atoms with Crippen molar-refractivity contribution in [3.05, 3.63) is 47.5 Å². The Morgan fingerprint density at radius 2 is 1.81 bits per heavy atom. The fourth-order valence-corrected chi connectivity index (χ4v) is 5.14. The van der Waals surface area contributed by atoms with Gasteiger partial charge in [0.1, 0.15) is 5.82 Å². The molecule has 1 aromatic carbocycles. The molecule has 11 heteroatoms. The first-order valence-corrected chi connectivity index (χ1v) is 14.4. The number of aromatic nitrogens is 3. The number of nitrogens with one attached hydrogen (secondary N) is 2. The van der Waals surface area contributed by atoms with E-state index in [1.54, 1.807) is 18.8 Å². The molecule has 0 aliphatic rings. The van der Waals surface area contributed by atoms with E-state index in [0.29, 0.717) is 30.9 Å². The predicted octanol–water partition coefficient (Wildman–Crippen LogP) is 2.69. The molecule has 0 radical (unpaired) electrons. The Hall–Kier alpha value is -2.50. The number of hydrogen-bond donors (Lipinski definition) is 2. The topological polar surface area (TPSA) is 112 Å². The summed E-state index contributed by atoms with van der Waals surface area (Å²) in [6, 6.07) is 9.19. The van der Waals surface area contributed by atoms with Gasteiger partial charge in [-0.05, 0) is 58.3 Å². The van der Waals surface area contributed by atoms with Gasteiger partial charge in [-0.2, -0.15) is 5.10 Å². The van der Waals surface area contributed by atoms with Crippen LogP contribution in [0.25, 0.3) is 0 Å². The minimum Gasteiger partial charge on any atom is -0.336 e. The van der Waals surface area contributed by atoms with Crippen molar-refractivity contribution in [1.29, 1.82) is 0 Å². The molecule has 1 heterocycles. The lowest BCUT2D eigenvalue weighted by atomic mass is 10.1. The van der Waals surface area contributed by atoms with Crippen molar-refractivity contribution >= 4 is 16.1 Å². The summed E-state index contributed by atoms with van der Waals surface area (Å²) < 4.78 is 30.4. The Bertz CT molecular complexity index is 1040. The van der Waals surface area contributed by atoms with Gasteiger partial charge in [0.25, 0.3) is 0 Å². The van der Waals surface area contributed by atoms with E-state index in [-0.39, 0.29) is 24.4 Å². The molecular formula is C25H43N7O3S. The van der Waals surface area contributed by atoms with Crippen LogP contribution in [-0.2, 0) is 30.0 Å². The molecule has 2 rings (SSSR count). The fraction of sp³-hybridized carbons (Fsp3) is 0.640. The summed E-state index contributed by atoms with van der Waals surface area (Å²) in [4.78, 5) is 20.7. The highest BCUT2D eigenvalue weighted by molar-refractivity contribution is 7.89. The summed E-state index contributed by atoms with van der Waals surface area (Å²) >= 11 is 0.